The average Bonchev–Trinajstić information content (AvgIpc) is 2.76. The molecule has 0 unspecified atom stereocenters. The molecule has 1 heterocycles. The van der Waals surface area contributed by atoms with E-state index in [9.17, 15) is 4.79 Å². The van der Waals surface area contributed by atoms with Gasteiger partial charge in [-0.25, -0.2) is 4.98 Å². The highest BCUT2D eigenvalue weighted by molar-refractivity contribution is 7.99. The molecule has 0 bridgehead atoms. The number of amides is 1. The van der Waals surface area contributed by atoms with Crippen LogP contribution in [-0.4, -0.2) is 16.6 Å². The van der Waals surface area contributed by atoms with Gasteiger partial charge >= 0.3 is 0 Å². The zero-order valence-electron chi connectivity index (χ0n) is 12.2. The second kappa shape index (κ2) is 7.17. The number of oxazole rings is 1. The van der Waals surface area contributed by atoms with Crippen LogP contribution in [0.5, 0.6) is 0 Å². The van der Waals surface area contributed by atoms with E-state index in [-0.39, 0.29) is 5.91 Å². The standard InChI is InChI=1S/C15H19N3O2S/c1-10-11(2)20-15(17-10)21-9-5-8-14(19)18-13-7-4-3-6-12(13)16/h3-4,6-7H,5,8-9,16H2,1-2H3,(H,18,19). The van der Waals surface area contributed by atoms with Crippen molar-refractivity contribution in [2.45, 2.75) is 31.9 Å². The number of hydrogen-bond donors (Lipinski definition) is 2. The van der Waals surface area contributed by atoms with Crippen LogP contribution in [0.2, 0.25) is 0 Å². The third-order valence-electron chi connectivity index (χ3n) is 3.02. The van der Waals surface area contributed by atoms with E-state index < -0.39 is 0 Å². The molecule has 2 rings (SSSR count). The second-order valence-corrected chi connectivity index (χ2v) is 5.75. The highest BCUT2D eigenvalue weighted by Gasteiger charge is 2.08. The van der Waals surface area contributed by atoms with Gasteiger partial charge in [0, 0.05) is 12.2 Å². The second-order valence-electron chi connectivity index (χ2n) is 4.71. The Morgan fingerprint density at radius 3 is 2.81 bits per heavy atom. The van der Waals surface area contributed by atoms with Crippen LogP contribution >= 0.6 is 11.8 Å². The average molecular weight is 305 g/mol. The van der Waals surface area contributed by atoms with E-state index in [1.807, 2.05) is 26.0 Å². The molecule has 5 nitrogen and oxygen atoms in total. The summed E-state index contributed by atoms with van der Waals surface area (Å²) in [4.78, 5) is 16.1. The number of rotatable bonds is 6. The minimum atomic E-state index is -0.0340. The van der Waals surface area contributed by atoms with Crippen molar-refractivity contribution < 1.29 is 9.21 Å². The van der Waals surface area contributed by atoms with E-state index in [1.54, 1.807) is 12.1 Å². The number of aromatic nitrogens is 1. The van der Waals surface area contributed by atoms with Gasteiger partial charge in [0.2, 0.25) is 5.91 Å². The number of nitrogens with two attached hydrogens (primary N) is 1. The molecule has 1 aromatic heterocycles. The smallest absolute Gasteiger partial charge is 0.256 e. The van der Waals surface area contributed by atoms with E-state index in [4.69, 9.17) is 10.2 Å². The Morgan fingerprint density at radius 2 is 2.14 bits per heavy atom. The van der Waals surface area contributed by atoms with Crippen molar-refractivity contribution in [1.29, 1.82) is 0 Å². The van der Waals surface area contributed by atoms with E-state index in [0.29, 0.717) is 23.0 Å². The zero-order chi connectivity index (χ0) is 15.2. The number of nitrogens with zero attached hydrogens (tertiary/aromatic N) is 1. The lowest BCUT2D eigenvalue weighted by Crippen LogP contribution is -2.12. The van der Waals surface area contributed by atoms with E-state index >= 15 is 0 Å². The molecule has 1 aromatic carbocycles. The van der Waals surface area contributed by atoms with Gasteiger partial charge in [-0.15, -0.1) is 0 Å². The molecule has 0 fully saturated rings. The number of thioether (sulfide) groups is 1. The topological polar surface area (TPSA) is 81.2 Å². The molecule has 2 aromatic rings. The van der Waals surface area contributed by atoms with Crippen molar-refractivity contribution in [1.82, 2.24) is 4.98 Å². The molecule has 0 aliphatic rings. The summed E-state index contributed by atoms with van der Waals surface area (Å²) in [7, 11) is 0. The Morgan fingerprint density at radius 1 is 1.38 bits per heavy atom. The molecule has 6 heteroatoms. The van der Waals surface area contributed by atoms with Crippen molar-refractivity contribution in [3.8, 4) is 0 Å². The summed E-state index contributed by atoms with van der Waals surface area (Å²) < 4.78 is 5.47. The van der Waals surface area contributed by atoms with Crippen LogP contribution in [0.15, 0.2) is 33.9 Å². The van der Waals surface area contributed by atoms with Crippen LogP contribution < -0.4 is 11.1 Å². The number of para-hydroxylation sites is 2. The highest BCUT2D eigenvalue weighted by atomic mass is 32.2. The monoisotopic (exact) mass is 305 g/mol. The molecule has 21 heavy (non-hydrogen) atoms. The van der Waals surface area contributed by atoms with Gasteiger partial charge in [0.1, 0.15) is 5.76 Å². The number of hydrogen-bond acceptors (Lipinski definition) is 5. The number of benzene rings is 1. The van der Waals surface area contributed by atoms with Crippen molar-refractivity contribution in [2.24, 2.45) is 0 Å². The summed E-state index contributed by atoms with van der Waals surface area (Å²) in [5, 5.41) is 3.47. The summed E-state index contributed by atoms with van der Waals surface area (Å²) in [5.74, 6) is 1.60. The number of nitrogen functional groups attached to an aromatic ring is 1. The Kier molecular flexibility index (Phi) is 5.27. The van der Waals surface area contributed by atoms with Crippen LogP contribution in [0, 0.1) is 13.8 Å². The molecular formula is C15H19N3O2S. The van der Waals surface area contributed by atoms with Gasteiger partial charge in [0.05, 0.1) is 17.1 Å². The van der Waals surface area contributed by atoms with Gasteiger partial charge in [-0.05, 0) is 32.4 Å². The third-order valence-corrected chi connectivity index (χ3v) is 3.93. The van der Waals surface area contributed by atoms with Crippen molar-refractivity contribution in [3.05, 3.63) is 35.7 Å². The molecule has 112 valence electrons. The molecule has 0 saturated carbocycles. The van der Waals surface area contributed by atoms with Gasteiger partial charge in [0.15, 0.2) is 0 Å². The molecule has 1 amide bonds. The fraction of sp³-hybridized carbons (Fsp3) is 0.333. The number of carbonyl (C=O) groups is 1. The molecule has 0 aliphatic heterocycles. The number of anilines is 2. The largest absolute Gasteiger partial charge is 0.437 e. The predicted molar refractivity (Wildman–Crippen MR) is 85.4 cm³/mol. The van der Waals surface area contributed by atoms with E-state index in [0.717, 1.165) is 23.6 Å². The van der Waals surface area contributed by atoms with E-state index in [1.165, 1.54) is 11.8 Å². The first-order valence-electron chi connectivity index (χ1n) is 6.77. The lowest BCUT2D eigenvalue weighted by molar-refractivity contribution is -0.116. The summed E-state index contributed by atoms with van der Waals surface area (Å²) in [6, 6.07) is 7.23. The van der Waals surface area contributed by atoms with Gasteiger partial charge < -0.3 is 15.5 Å². The summed E-state index contributed by atoms with van der Waals surface area (Å²) in [5.41, 5.74) is 7.92. The minimum absolute atomic E-state index is 0.0340. The van der Waals surface area contributed by atoms with Crippen LogP contribution in [0.3, 0.4) is 0 Å². The van der Waals surface area contributed by atoms with Crippen molar-refractivity contribution in [2.75, 3.05) is 16.8 Å². The lowest BCUT2D eigenvalue weighted by Gasteiger charge is -2.07. The van der Waals surface area contributed by atoms with Gasteiger partial charge in [0.25, 0.3) is 5.22 Å². The maximum atomic E-state index is 11.8. The maximum absolute atomic E-state index is 11.8. The van der Waals surface area contributed by atoms with Crippen molar-refractivity contribution >= 4 is 29.0 Å². The fourth-order valence-corrected chi connectivity index (χ4v) is 2.57. The molecule has 0 atom stereocenters. The fourth-order valence-electron chi connectivity index (χ4n) is 1.72. The molecule has 0 radical (unpaired) electrons. The Bertz CT molecular complexity index is 606. The Labute approximate surface area is 128 Å². The summed E-state index contributed by atoms with van der Waals surface area (Å²) in [6.45, 7) is 3.81. The number of carbonyl (C=O) groups excluding carboxylic acids is 1. The number of aryl methyl sites for hydroxylation is 2. The quantitative estimate of drug-likeness (QED) is 0.486. The minimum Gasteiger partial charge on any atom is -0.437 e. The molecule has 0 saturated heterocycles. The van der Waals surface area contributed by atoms with Crippen molar-refractivity contribution in [3.63, 3.8) is 0 Å². The molecule has 0 aliphatic carbocycles. The van der Waals surface area contributed by atoms with Crippen LogP contribution in [0.25, 0.3) is 0 Å². The molecule has 0 spiro atoms. The molecular weight excluding hydrogens is 286 g/mol. The summed E-state index contributed by atoms with van der Waals surface area (Å²) >= 11 is 1.52. The Balaban J connectivity index is 1.71. The van der Waals surface area contributed by atoms with Crippen LogP contribution in [0.1, 0.15) is 24.3 Å². The molecule has 3 N–H and O–H groups in total. The highest BCUT2D eigenvalue weighted by Crippen LogP contribution is 2.21. The normalized spacial score (nSPS) is 10.6. The first-order chi connectivity index (χ1) is 10.1. The van der Waals surface area contributed by atoms with Gasteiger partial charge in [-0.2, -0.15) is 0 Å². The predicted octanol–water partition coefficient (Wildman–Crippen LogP) is 3.38. The number of nitrogens with one attached hydrogen (secondary N) is 1. The maximum Gasteiger partial charge on any atom is 0.256 e. The van der Waals surface area contributed by atoms with Gasteiger partial charge in [-0.3, -0.25) is 4.79 Å². The van der Waals surface area contributed by atoms with E-state index in [2.05, 4.69) is 10.3 Å². The summed E-state index contributed by atoms with van der Waals surface area (Å²) in [6.07, 6.45) is 1.20. The SMILES string of the molecule is Cc1nc(SCCCC(=O)Nc2ccccc2N)oc1C. The van der Waals surface area contributed by atoms with Crippen LogP contribution in [0.4, 0.5) is 11.4 Å². The Hall–Kier alpha value is -1.95. The third kappa shape index (κ3) is 4.53. The lowest BCUT2D eigenvalue weighted by atomic mass is 10.2. The van der Waals surface area contributed by atoms with Crippen LogP contribution in [-0.2, 0) is 4.79 Å². The zero-order valence-corrected chi connectivity index (χ0v) is 13.0. The first kappa shape index (κ1) is 15.4. The first-order valence-corrected chi connectivity index (χ1v) is 7.76. The van der Waals surface area contributed by atoms with Gasteiger partial charge in [-0.1, -0.05) is 23.9 Å².